The molecule has 0 aromatic heterocycles. The van der Waals surface area contributed by atoms with Crippen molar-refractivity contribution < 1.29 is 4.74 Å². The molecule has 4 nitrogen and oxygen atoms in total. The van der Waals surface area contributed by atoms with E-state index in [2.05, 4.69) is 16.9 Å². The molecular formula is C9H16ClN3O. The van der Waals surface area contributed by atoms with Gasteiger partial charge in [0, 0.05) is 18.2 Å². The Morgan fingerprint density at radius 1 is 1.71 bits per heavy atom. The fraction of sp³-hybridized carbons (Fsp3) is 0.667. The first-order valence-electron chi connectivity index (χ1n) is 4.67. The molecule has 1 heterocycles. The quantitative estimate of drug-likeness (QED) is 0.542. The second-order valence-corrected chi connectivity index (χ2v) is 3.77. The van der Waals surface area contributed by atoms with Crippen LogP contribution in [0, 0.1) is 0 Å². The summed E-state index contributed by atoms with van der Waals surface area (Å²) in [6.07, 6.45) is 2.48. The molecule has 14 heavy (non-hydrogen) atoms. The summed E-state index contributed by atoms with van der Waals surface area (Å²) >= 11 is 5.54. The predicted octanol–water partition coefficient (Wildman–Crippen LogP) is 0.822. The molecular weight excluding hydrogens is 202 g/mol. The van der Waals surface area contributed by atoms with E-state index in [-0.39, 0.29) is 6.10 Å². The molecule has 0 spiro atoms. The van der Waals surface area contributed by atoms with Crippen molar-refractivity contribution in [3.05, 3.63) is 11.6 Å². The molecule has 0 aromatic rings. The fourth-order valence-corrected chi connectivity index (χ4v) is 1.31. The zero-order chi connectivity index (χ0) is 10.4. The monoisotopic (exact) mass is 217 g/mol. The Bertz CT molecular complexity index is 224. The lowest BCUT2D eigenvalue weighted by molar-refractivity contribution is 0.114. The van der Waals surface area contributed by atoms with Crippen LogP contribution in [0.3, 0.4) is 0 Å². The molecule has 5 heteroatoms. The van der Waals surface area contributed by atoms with Crippen molar-refractivity contribution in [1.82, 2.24) is 5.32 Å². The van der Waals surface area contributed by atoms with Crippen molar-refractivity contribution in [1.29, 1.82) is 0 Å². The smallest absolute Gasteiger partial charge is 0.189 e. The van der Waals surface area contributed by atoms with Crippen molar-refractivity contribution in [2.45, 2.75) is 18.9 Å². The van der Waals surface area contributed by atoms with Gasteiger partial charge in [-0.3, -0.25) is 0 Å². The van der Waals surface area contributed by atoms with Gasteiger partial charge in [0.2, 0.25) is 0 Å². The van der Waals surface area contributed by atoms with E-state index in [9.17, 15) is 0 Å². The van der Waals surface area contributed by atoms with E-state index in [0.29, 0.717) is 24.1 Å². The van der Waals surface area contributed by atoms with E-state index in [1.165, 1.54) is 0 Å². The largest absolute Gasteiger partial charge is 0.376 e. The van der Waals surface area contributed by atoms with Gasteiger partial charge in [-0.05, 0) is 12.8 Å². The third-order valence-corrected chi connectivity index (χ3v) is 2.08. The molecule has 1 unspecified atom stereocenters. The number of hydrogen-bond donors (Lipinski definition) is 2. The van der Waals surface area contributed by atoms with Gasteiger partial charge in [0.15, 0.2) is 5.96 Å². The standard InChI is InChI=1S/C9H16ClN3O/c1-7(10)5-12-9(11)13-6-8-3-2-4-14-8/h8H,1-6H2,(H3,11,12,13). The number of nitrogens with zero attached hydrogens (tertiary/aromatic N) is 1. The van der Waals surface area contributed by atoms with E-state index < -0.39 is 0 Å². The predicted molar refractivity (Wildman–Crippen MR) is 58.5 cm³/mol. The van der Waals surface area contributed by atoms with Crippen molar-refractivity contribution in [3.63, 3.8) is 0 Å². The second kappa shape index (κ2) is 5.88. The van der Waals surface area contributed by atoms with Crippen LogP contribution in [-0.4, -0.2) is 31.8 Å². The van der Waals surface area contributed by atoms with Crippen molar-refractivity contribution >= 4 is 17.6 Å². The zero-order valence-corrected chi connectivity index (χ0v) is 8.89. The van der Waals surface area contributed by atoms with Crippen LogP contribution in [0.2, 0.25) is 0 Å². The third kappa shape index (κ3) is 4.48. The molecule has 0 bridgehead atoms. The van der Waals surface area contributed by atoms with E-state index >= 15 is 0 Å². The second-order valence-electron chi connectivity index (χ2n) is 3.23. The van der Waals surface area contributed by atoms with Gasteiger partial charge >= 0.3 is 0 Å². The Labute approximate surface area is 89.2 Å². The molecule has 1 fully saturated rings. The third-order valence-electron chi connectivity index (χ3n) is 1.96. The minimum Gasteiger partial charge on any atom is -0.376 e. The van der Waals surface area contributed by atoms with Gasteiger partial charge in [0.05, 0.1) is 12.6 Å². The highest BCUT2D eigenvalue weighted by atomic mass is 35.5. The Balaban J connectivity index is 2.16. The molecule has 0 aromatic carbocycles. The number of nitrogens with one attached hydrogen (secondary N) is 1. The summed E-state index contributed by atoms with van der Waals surface area (Å²) in [7, 11) is 0. The molecule has 1 aliphatic rings. The van der Waals surface area contributed by atoms with E-state index in [1.807, 2.05) is 0 Å². The maximum absolute atomic E-state index is 5.58. The Morgan fingerprint density at radius 2 is 2.50 bits per heavy atom. The number of rotatable bonds is 4. The van der Waals surface area contributed by atoms with E-state index in [0.717, 1.165) is 19.4 Å². The van der Waals surface area contributed by atoms with Crippen molar-refractivity contribution in [2.75, 3.05) is 19.7 Å². The summed E-state index contributed by atoms with van der Waals surface area (Å²) in [4.78, 5) is 3.98. The average Bonchev–Trinajstić information content (AvgIpc) is 2.63. The van der Waals surface area contributed by atoms with Gasteiger partial charge < -0.3 is 15.8 Å². The molecule has 1 saturated heterocycles. The van der Waals surface area contributed by atoms with Crippen LogP contribution >= 0.6 is 11.6 Å². The number of hydrogen-bond acceptors (Lipinski definition) is 2. The molecule has 1 rings (SSSR count). The van der Waals surface area contributed by atoms with Gasteiger partial charge in [0.25, 0.3) is 0 Å². The summed E-state index contributed by atoms with van der Waals surface area (Å²) in [6, 6.07) is 0. The van der Waals surface area contributed by atoms with E-state index in [1.54, 1.807) is 0 Å². The van der Waals surface area contributed by atoms with Gasteiger partial charge in [0.1, 0.15) is 0 Å². The number of guanidine groups is 1. The molecule has 1 atom stereocenters. The van der Waals surface area contributed by atoms with E-state index in [4.69, 9.17) is 22.1 Å². The topological polar surface area (TPSA) is 59.6 Å². The number of aliphatic imine (C=N–C) groups is 1. The Kier molecular flexibility index (Phi) is 4.76. The Morgan fingerprint density at radius 3 is 3.07 bits per heavy atom. The molecule has 3 N–H and O–H groups in total. The minimum atomic E-state index is 0.267. The minimum absolute atomic E-state index is 0.267. The van der Waals surface area contributed by atoms with Gasteiger partial charge in [-0.25, -0.2) is 4.99 Å². The van der Waals surface area contributed by atoms with Crippen LogP contribution in [0.1, 0.15) is 12.8 Å². The van der Waals surface area contributed by atoms with Crippen LogP contribution < -0.4 is 11.1 Å². The molecule has 1 aliphatic heterocycles. The highest BCUT2D eigenvalue weighted by molar-refractivity contribution is 6.29. The summed E-state index contributed by atoms with van der Waals surface area (Å²) in [5.74, 6) is 0.391. The molecule has 80 valence electrons. The SMILES string of the molecule is C=C(Cl)CN=C(N)NCC1CCCO1. The van der Waals surface area contributed by atoms with Crippen molar-refractivity contribution in [2.24, 2.45) is 10.7 Å². The number of halogens is 1. The van der Waals surface area contributed by atoms with Gasteiger partial charge in [-0.1, -0.05) is 18.2 Å². The lowest BCUT2D eigenvalue weighted by Crippen LogP contribution is -2.37. The highest BCUT2D eigenvalue weighted by Crippen LogP contribution is 2.10. The average molecular weight is 218 g/mol. The zero-order valence-electron chi connectivity index (χ0n) is 8.13. The first-order chi connectivity index (χ1) is 6.68. The summed E-state index contributed by atoms with van der Waals surface area (Å²) in [5.41, 5.74) is 5.58. The summed E-state index contributed by atoms with van der Waals surface area (Å²) in [5, 5.41) is 3.46. The van der Waals surface area contributed by atoms with Gasteiger partial charge in [-0.15, -0.1) is 0 Å². The van der Waals surface area contributed by atoms with Crippen LogP contribution in [0.5, 0.6) is 0 Å². The highest BCUT2D eigenvalue weighted by Gasteiger charge is 2.14. The van der Waals surface area contributed by atoms with Crippen LogP contribution in [0.15, 0.2) is 16.6 Å². The number of nitrogens with two attached hydrogens (primary N) is 1. The summed E-state index contributed by atoms with van der Waals surface area (Å²) in [6.45, 7) is 5.43. The fourth-order valence-electron chi connectivity index (χ4n) is 1.25. The van der Waals surface area contributed by atoms with Gasteiger partial charge in [-0.2, -0.15) is 0 Å². The maximum atomic E-state index is 5.58. The van der Waals surface area contributed by atoms with Crippen LogP contribution in [0.25, 0.3) is 0 Å². The lowest BCUT2D eigenvalue weighted by atomic mass is 10.2. The summed E-state index contributed by atoms with van der Waals surface area (Å²) < 4.78 is 5.41. The molecule has 0 saturated carbocycles. The molecule has 0 aliphatic carbocycles. The maximum Gasteiger partial charge on any atom is 0.189 e. The number of ether oxygens (including phenoxy) is 1. The van der Waals surface area contributed by atoms with Crippen molar-refractivity contribution in [3.8, 4) is 0 Å². The molecule has 0 amide bonds. The normalized spacial score (nSPS) is 22.4. The first-order valence-corrected chi connectivity index (χ1v) is 5.05. The Hall–Kier alpha value is -0.740. The molecule has 0 radical (unpaired) electrons. The first kappa shape index (κ1) is 11.3. The van der Waals surface area contributed by atoms with Crippen LogP contribution in [0.4, 0.5) is 0 Å². The van der Waals surface area contributed by atoms with Crippen LogP contribution in [-0.2, 0) is 4.74 Å². The lowest BCUT2D eigenvalue weighted by Gasteiger charge is -2.10.